The summed E-state index contributed by atoms with van der Waals surface area (Å²) >= 11 is 3.88. The fraction of sp³-hybridized carbons (Fsp3) is 0.429. The number of carbonyl (C=O) groups is 2. The third-order valence-corrected chi connectivity index (χ3v) is 1.17. The highest BCUT2D eigenvalue weighted by molar-refractivity contribution is 7.80. The monoisotopic (exact) mass is 189 g/mol. The molecule has 0 atom stereocenters. The molecule has 0 radical (unpaired) electrons. The predicted octanol–water partition coefficient (Wildman–Crippen LogP) is -0.238. The number of amides is 1. The lowest BCUT2D eigenvalue weighted by Gasteiger charge is -2.02. The highest BCUT2D eigenvalue weighted by Crippen LogP contribution is 1.79. The molecule has 0 bridgehead atoms. The van der Waals surface area contributed by atoms with Crippen LogP contribution < -0.4 is 5.32 Å². The summed E-state index contributed by atoms with van der Waals surface area (Å²) in [4.78, 5) is 21.2. The van der Waals surface area contributed by atoms with Gasteiger partial charge in [0.1, 0.15) is 0 Å². The molecule has 0 rings (SSSR count). The SMILES string of the molecule is C=CC(=O)OCC(=O)NCCS. The van der Waals surface area contributed by atoms with Crippen molar-refractivity contribution in [3.8, 4) is 0 Å². The molecule has 0 saturated carbocycles. The van der Waals surface area contributed by atoms with Crippen LogP contribution in [-0.4, -0.2) is 30.8 Å². The lowest BCUT2D eigenvalue weighted by molar-refractivity contribution is -0.143. The molecule has 0 fully saturated rings. The van der Waals surface area contributed by atoms with E-state index in [-0.39, 0.29) is 12.5 Å². The van der Waals surface area contributed by atoms with Crippen LogP contribution in [0.25, 0.3) is 0 Å². The molecule has 68 valence electrons. The summed E-state index contributed by atoms with van der Waals surface area (Å²) in [6, 6.07) is 0. The highest BCUT2D eigenvalue weighted by atomic mass is 32.1. The van der Waals surface area contributed by atoms with Gasteiger partial charge in [-0.3, -0.25) is 4.79 Å². The third-order valence-electron chi connectivity index (χ3n) is 0.946. The first-order chi connectivity index (χ1) is 5.70. The van der Waals surface area contributed by atoms with E-state index in [9.17, 15) is 9.59 Å². The van der Waals surface area contributed by atoms with Crippen molar-refractivity contribution < 1.29 is 14.3 Å². The van der Waals surface area contributed by atoms with E-state index in [1.807, 2.05) is 0 Å². The number of hydrogen-bond acceptors (Lipinski definition) is 4. The van der Waals surface area contributed by atoms with E-state index in [1.165, 1.54) is 0 Å². The molecule has 0 aliphatic rings. The van der Waals surface area contributed by atoms with Crippen molar-refractivity contribution >= 4 is 24.5 Å². The van der Waals surface area contributed by atoms with Crippen LogP contribution in [0.3, 0.4) is 0 Å². The molecule has 0 spiro atoms. The van der Waals surface area contributed by atoms with Gasteiger partial charge in [-0.1, -0.05) is 6.58 Å². The van der Waals surface area contributed by atoms with Gasteiger partial charge in [0.15, 0.2) is 6.61 Å². The van der Waals surface area contributed by atoms with Gasteiger partial charge in [0.25, 0.3) is 5.91 Å². The molecular formula is C7H11NO3S. The first-order valence-electron chi connectivity index (χ1n) is 3.37. The first kappa shape index (κ1) is 11.0. The van der Waals surface area contributed by atoms with E-state index in [2.05, 4.69) is 29.3 Å². The number of thiol groups is 1. The van der Waals surface area contributed by atoms with Crippen LogP contribution in [0.2, 0.25) is 0 Å². The smallest absolute Gasteiger partial charge is 0.330 e. The maximum absolute atomic E-state index is 10.8. The van der Waals surface area contributed by atoms with Crippen LogP contribution in [0, 0.1) is 0 Å². The summed E-state index contributed by atoms with van der Waals surface area (Å²) in [6.45, 7) is 3.38. The van der Waals surface area contributed by atoms with Gasteiger partial charge >= 0.3 is 5.97 Å². The first-order valence-corrected chi connectivity index (χ1v) is 4.00. The third kappa shape index (κ3) is 5.79. The second kappa shape index (κ2) is 6.72. The molecule has 12 heavy (non-hydrogen) atoms. The summed E-state index contributed by atoms with van der Waals surface area (Å²) in [5.41, 5.74) is 0. The van der Waals surface area contributed by atoms with Gasteiger partial charge in [0.05, 0.1) is 0 Å². The lowest BCUT2D eigenvalue weighted by atomic mass is 10.6. The molecule has 0 aromatic heterocycles. The zero-order chi connectivity index (χ0) is 9.40. The standard InChI is InChI=1S/C7H11NO3S/c1-2-7(10)11-5-6(9)8-3-4-12/h2,12H,1,3-5H2,(H,8,9). The quantitative estimate of drug-likeness (QED) is 0.356. The van der Waals surface area contributed by atoms with Crippen LogP contribution in [0.1, 0.15) is 0 Å². The van der Waals surface area contributed by atoms with Gasteiger partial charge in [-0.2, -0.15) is 12.6 Å². The van der Waals surface area contributed by atoms with Crippen LogP contribution in [0.4, 0.5) is 0 Å². The zero-order valence-electron chi connectivity index (χ0n) is 6.58. The topological polar surface area (TPSA) is 55.4 Å². The van der Waals surface area contributed by atoms with E-state index in [1.54, 1.807) is 0 Å². The Labute approximate surface area is 76.4 Å². The van der Waals surface area contributed by atoms with Crippen molar-refractivity contribution in [1.82, 2.24) is 5.32 Å². The van der Waals surface area contributed by atoms with Gasteiger partial charge in [0.2, 0.25) is 0 Å². The van der Waals surface area contributed by atoms with Gasteiger partial charge in [-0.05, 0) is 0 Å². The Morgan fingerprint density at radius 2 is 2.25 bits per heavy atom. The Morgan fingerprint density at radius 3 is 2.75 bits per heavy atom. The summed E-state index contributed by atoms with van der Waals surface area (Å²) in [7, 11) is 0. The van der Waals surface area contributed by atoms with E-state index in [0.717, 1.165) is 6.08 Å². The Morgan fingerprint density at radius 1 is 1.58 bits per heavy atom. The van der Waals surface area contributed by atoms with Gasteiger partial charge in [-0.15, -0.1) is 0 Å². The number of nitrogens with one attached hydrogen (secondary N) is 1. The molecule has 1 amide bonds. The number of esters is 1. The average molecular weight is 189 g/mol. The predicted molar refractivity (Wildman–Crippen MR) is 48.0 cm³/mol. The van der Waals surface area contributed by atoms with Crippen molar-refractivity contribution in [1.29, 1.82) is 0 Å². The number of hydrogen-bond donors (Lipinski definition) is 2. The molecular weight excluding hydrogens is 178 g/mol. The Balaban J connectivity index is 3.43. The minimum Gasteiger partial charge on any atom is -0.452 e. The second-order valence-corrected chi connectivity index (χ2v) is 2.33. The van der Waals surface area contributed by atoms with E-state index in [0.29, 0.717) is 12.3 Å². The summed E-state index contributed by atoms with van der Waals surface area (Å²) in [5.74, 6) is -0.378. The molecule has 0 aromatic carbocycles. The zero-order valence-corrected chi connectivity index (χ0v) is 7.47. The van der Waals surface area contributed by atoms with E-state index in [4.69, 9.17) is 0 Å². The Bertz CT molecular complexity index is 181. The van der Waals surface area contributed by atoms with Crippen molar-refractivity contribution in [3.63, 3.8) is 0 Å². The number of ether oxygens (including phenoxy) is 1. The van der Waals surface area contributed by atoms with Crippen LogP contribution >= 0.6 is 12.6 Å². The molecule has 0 heterocycles. The minimum absolute atomic E-state index is 0.265. The Hall–Kier alpha value is -0.970. The summed E-state index contributed by atoms with van der Waals surface area (Å²) < 4.78 is 4.46. The maximum Gasteiger partial charge on any atom is 0.330 e. The molecule has 0 aliphatic carbocycles. The molecule has 0 aromatic rings. The van der Waals surface area contributed by atoms with Crippen LogP contribution in [-0.2, 0) is 14.3 Å². The minimum atomic E-state index is -0.601. The molecule has 1 N–H and O–H groups in total. The summed E-state index contributed by atoms with van der Waals surface area (Å²) in [5, 5.41) is 2.48. The van der Waals surface area contributed by atoms with Gasteiger partial charge in [0, 0.05) is 18.4 Å². The van der Waals surface area contributed by atoms with Crippen molar-refractivity contribution in [2.45, 2.75) is 0 Å². The molecule has 0 saturated heterocycles. The van der Waals surface area contributed by atoms with Crippen molar-refractivity contribution in [2.24, 2.45) is 0 Å². The normalized spacial score (nSPS) is 8.75. The fourth-order valence-corrected chi connectivity index (χ4v) is 0.554. The highest BCUT2D eigenvalue weighted by Gasteiger charge is 2.02. The number of carbonyl (C=O) groups excluding carboxylic acids is 2. The van der Waals surface area contributed by atoms with E-state index >= 15 is 0 Å². The molecule has 4 nitrogen and oxygen atoms in total. The molecule has 5 heteroatoms. The molecule has 0 unspecified atom stereocenters. The van der Waals surface area contributed by atoms with Crippen LogP contribution in [0.15, 0.2) is 12.7 Å². The fourth-order valence-electron chi connectivity index (χ4n) is 0.442. The lowest BCUT2D eigenvalue weighted by Crippen LogP contribution is -2.29. The largest absolute Gasteiger partial charge is 0.452 e. The molecule has 0 aliphatic heterocycles. The van der Waals surface area contributed by atoms with Crippen molar-refractivity contribution in [3.05, 3.63) is 12.7 Å². The van der Waals surface area contributed by atoms with Crippen LogP contribution in [0.5, 0.6) is 0 Å². The van der Waals surface area contributed by atoms with Gasteiger partial charge < -0.3 is 10.1 Å². The van der Waals surface area contributed by atoms with E-state index < -0.39 is 5.97 Å². The summed E-state index contributed by atoms with van der Waals surface area (Å²) in [6.07, 6.45) is 1.01. The van der Waals surface area contributed by atoms with Crippen molar-refractivity contribution in [2.75, 3.05) is 18.9 Å². The average Bonchev–Trinajstić information content (AvgIpc) is 2.10. The Kier molecular flexibility index (Phi) is 6.18. The number of rotatable bonds is 5. The maximum atomic E-state index is 10.8. The van der Waals surface area contributed by atoms with Gasteiger partial charge in [-0.25, -0.2) is 4.79 Å². The second-order valence-electron chi connectivity index (χ2n) is 1.89.